The third-order valence-electron chi connectivity index (χ3n) is 3.96. The zero-order chi connectivity index (χ0) is 16.9. The highest BCUT2D eigenvalue weighted by Crippen LogP contribution is 2.28. The molecule has 3 rings (SSSR count). The van der Waals surface area contributed by atoms with Crippen molar-refractivity contribution >= 4 is 23.2 Å². The number of nitrogens with one attached hydrogen (secondary N) is 1. The van der Waals surface area contributed by atoms with Crippen LogP contribution in [0.1, 0.15) is 18.9 Å². The summed E-state index contributed by atoms with van der Waals surface area (Å²) in [6.45, 7) is 3.02. The molecule has 0 bridgehead atoms. The van der Waals surface area contributed by atoms with Crippen LogP contribution in [0, 0.1) is 0 Å². The third-order valence-corrected chi connectivity index (χ3v) is 3.96. The van der Waals surface area contributed by atoms with Crippen molar-refractivity contribution in [1.82, 2.24) is 0 Å². The molecule has 1 aliphatic heterocycles. The molecule has 2 aromatic rings. The Morgan fingerprint density at radius 3 is 2.71 bits per heavy atom. The number of hydrogen-bond acceptors (Lipinski definition) is 3. The van der Waals surface area contributed by atoms with Crippen molar-refractivity contribution in [2.45, 2.75) is 19.8 Å². The van der Waals surface area contributed by atoms with Crippen LogP contribution in [0.15, 0.2) is 48.5 Å². The number of fused-ring (bicyclic) bond motifs is 1. The Morgan fingerprint density at radius 1 is 1.12 bits per heavy atom. The summed E-state index contributed by atoms with van der Waals surface area (Å²) in [4.78, 5) is 26.4. The fraction of sp³-hybridized carbons (Fsp3) is 0.263. The maximum Gasteiger partial charge on any atom is 0.236 e. The molecule has 1 aliphatic rings. The first kappa shape index (κ1) is 16.1. The SMILES string of the molecule is CCOc1ccccc1NC(=O)CC(=O)N1CCc2ccccc21. The van der Waals surface area contributed by atoms with Crippen molar-refractivity contribution < 1.29 is 14.3 Å². The van der Waals surface area contributed by atoms with E-state index < -0.39 is 0 Å². The monoisotopic (exact) mass is 324 g/mol. The highest BCUT2D eigenvalue weighted by Gasteiger charge is 2.25. The number of amides is 2. The first-order valence-corrected chi connectivity index (χ1v) is 8.09. The number of para-hydroxylation sites is 3. The van der Waals surface area contributed by atoms with E-state index in [0.717, 1.165) is 17.7 Å². The minimum absolute atomic E-state index is 0.186. The van der Waals surface area contributed by atoms with Crippen LogP contribution < -0.4 is 15.0 Å². The fourth-order valence-corrected chi connectivity index (χ4v) is 2.88. The van der Waals surface area contributed by atoms with Gasteiger partial charge in [-0.25, -0.2) is 0 Å². The van der Waals surface area contributed by atoms with E-state index in [4.69, 9.17) is 4.74 Å². The summed E-state index contributed by atoms with van der Waals surface area (Å²) < 4.78 is 5.48. The van der Waals surface area contributed by atoms with Gasteiger partial charge in [-0.15, -0.1) is 0 Å². The van der Waals surface area contributed by atoms with Gasteiger partial charge in [0.05, 0.1) is 12.3 Å². The van der Waals surface area contributed by atoms with Crippen molar-refractivity contribution in [3.05, 3.63) is 54.1 Å². The van der Waals surface area contributed by atoms with E-state index >= 15 is 0 Å². The number of carbonyl (C=O) groups is 2. The second kappa shape index (κ2) is 7.17. The van der Waals surface area contributed by atoms with Crippen molar-refractivity contribution in [2.24, 2.45) is 0 Å². The van der Waals surface area contributed by atoms with Gasteiger partial charge < -0.3 is 15.0 Å². The van der Waals surface area contributed by atoms with Gasteiger partial charge in [0.1, 0.15) is 12.2 Å². The number of carbonyl (C=O) groups excluding carboxylic acids is 2. The highest BCUT2D eigenvalue weighted by molar-refractivity contribution is 6.10. The molecule has 5 nitrogen and oxygen atoms in total. The predicted molar refractivity (Wildman–Crippen MR) is 93.4 cm³/mol. The molecule has 0 atom stereocenters. The van der Waals surface area contributed by atoms with E-state index in [0.29, 0.717) is 24.6 Å². The summed E-state index contributed by atoms with van der Waals surface area (Å²) >= 11 is 0. The minimum Gasteiger partial charge on any atom is -0.492 e. The summed E-state index contributed by atoms with van der Waals surface area (Å²) in [5.74, 6) is 0.0789. The standard InChI is InChI=1S/C19H20N2O3/c1-2-24-17-10-6-4-8-15(17)20-18(22)13-19(23)21-12-11-14-7-3-5-9-16(14)21/h3-10H,2,11-13H2,1H3,(H,20,22). The molecule has 2 amide bonds. The molecule has 0 aromatic heterocycles. The summed E-state index contributed by atoms with van der Waals surface area (Å²) in [6.07, 6.45) is 0.644. The molecule has 1 heterocycles. The van der Waals surface area contributed by atoms with E-state index in [9.17, 15) is 9.59 Å². The zero-order valence-corrected chi connectivity index (χ0v) is 13.6. The van der Waals surface area contributed by atoms with Gasteiger partial charge in [-0.05, 0) is 37.1 Å². The van der Waals surface area contributed by atoms with E-state index in [1.807, 2.05) is 43.3 Å². The molecular formula is C19H20N2O3. The average Bonchev–Trinajstić information content (AvgIpc) is 3.01. The number of hydrogen-bond donors (Lipinski definition) is 1. The topological polar surface area (TPSA) is 58.6 Å². The lowest BCUT2D eigenvalue weighted by Crippen LogP contribution is -2.32. The predicted octanol–water partition coefficient (Wildman–Crippen LogP) is 3.00. The van der Waals surface area contributed by atoms with Gasteiger partial charge in [-0.3, -0.25) is 9.59 Å². The molecule has 0 spiro atoms. The molecule has 0 unspecified atom stereocenters. The second-order valence-electron chi connectivity index (χ2n) is 5.58. The molecule has 24 heavy (non-hydrogen) atoms. The normalized spacial score (nSPS) is 12.6. The fourth-order valence-electron chi connectivity index (χ4n) is 2.88. The number of nitrogens with zero attached hydrogens (tertiary/aromatic N) is 1. The molecule has 0 aliphatic carbocycles. The van der Waals surface area contributed by atoms with Crippen LogP contribution in [0.5, 0.6) is 5.75 Å². The largest absolute Gasteiger partial charge is 0.492 e. The van der Waals surface area contributed by atoms with Crippen molar-refractivity contribution in [2.75, 3.05) is 23.4 Å². The molecule has 2 aromatic carbocycles. The molecule has 124 valence electrons. The van der Waals surface area contributed by atoms with E-state index in [-0.39, 0.29) is 18.2 Å². The van der Waals surface area contributed by atoms with Crippen LogP contribution >= 0.6 is 0 Å². The first-order valence-electron chi connectivity index (χ1n) is 8.09. The Kier molecular flexibility index (Phi) is 4.79. The van der Waals surface area contributed by atoms with Crippen LogP contribution in [-0.2, 0) is 16.0 Å². The lowest BCUT2D eigenvalue weighted by atomic mass is 10.2. The van der Waals surface area contributed by atoms with Gasteiger partial charge in [-0.1, -0.05) is 30.3 Å². The Hall–Kier alpha value is -2.82. The van der Waals surface area contributed by atoms with Gasteiger partial charge in [0.25, 0.3) is 0 Å². The molecule has 0 radical (unpaired) electrons. The van der Waals surface area contributed by atoms with Gasteiger partial charge in [-0.2, -0.15) is 0 Å². The minimum atomic E-state index is -0.337. The van der Waals surface area contributed by atoms with E-state index in [2.05, 4.69) is 5.32 Å². The number of benzene rings is 2. The van der Waals surface area contributed by atoms with Crippen molar-refractivity contribution in [3.8, 4) is 5.75 Å². The third kappa shape index (κ3) is 3.40. The molecule has 1 N–H and O–H groups in total. The van der Waals surface area contributed by atoms with Crippen LogP contribution in [0.2, 0.25) is 0 Å². The number of anilines is 2. The summed E-state index contributed by atoms with van der Waals surface area (Å²) in [6, 6.07) is 15.0. The summed E-state index contributed by atoms with van der Waals surface area (Å²) in [5.41, 5.74) is 2.64. The van der Waals surface area contributed by atoms with Gasteiger partial charge in [0.15, 0.2) is 0 Å². The Bertz CT molecular complexity index is 758. The van der Waals surface area contributed by atoms with Crippen molar-refractivity contribution in [3.63, 3.8) is 0 Å². The lowest BCUT2D eigenvalue weighted by molar-refractivity contribution is -0.125. The molecule has 0 saturated heterocycles. The average molecular weight is 324 g/mol. The summed E-state index contributed by atoms with van der Waals surface area (Å²) in [5, 5.41) is 2.76. The van der Waals surface area contributed by atoms with E-state index in [1.54, 1.807) is 17.0 Å². The maximum atomic E-state index is 12.5. The van der Waals surface area contributed by atoms with Crippen molar-refractivity contribution in [1.29, 1.82) is 0 Å². The quantitative estimate of drug-likeness (QED) is 0.860. The Balaban J connectivity index is 1.65. The Morgan fingerprint density at radius 2 is 1.88 bits per heavy atom. The molecular weight excluding hydrogens is 304 g/mol. The van der Waals surface area contributed by atoms with Gasteiger partial charge in [0.2, 0.25) is 11.8 Å². The van der Waals surface area contributed by atoms with E-state index in [1.165, 1.54) is 0 Å². The first-order chi connectivity index (χ1) is 11.7. The Labute approximate surface area is 141 Å². The maximum absolute atomic E-state index is 12.5. The summed E-state index contributed by atoms with van der Waals surface area (Å²) in [7, 11) is 0. The van der Waals surface area contributed by atoms with Gasteiger partial charge >= 0.3 is 0 Å². The molecule has 0 saturated carbocycles. The van der Waals surface area contributed by atoms with Crippen LogP contribution in [-0.4, -0.2) is 25.0 Å². The molecule has 0 fully saturated rings. The smallest absolute Gasteiger partial charge is 0.236 e. The lowest BCUT2D eigenvalue weighted by Gasteiger charge is -2.17. The van der Waals surface area contributed by atoms with Crippen LogP contribution in [0.4, 0.5) is 11.4 Å². The highest BCUT2D eigenvalue weighted by atomic mass is 16.5. The number of ether oxygens (including phenoxy) is 1. The van der Waals surface area contributed by atoms with Gasteiger partial charge in [0, 0.05) is 12.2 Å². The molecule has 5 heteroatoms. The zero-order valence-electron chi connectivity index (χ0n) is 13.6. The van der Waals surface area contributed by atoms with Crippen LogP contribution in [0.25, 0.3) is 0 Å². The number of rotatable bonds is 5. The van der Waals surface area contributed by atoms with Crippen LogP contribution in [0.3, 0.4) is 0 Å². The second-order valence-corrected chi connectivity index (χ2v) is 5.58.